The molecule has 28 heteroatoms. The summed E-state index contributed by atoms with van der Waals surface area (Å²) < 4.78 is 21.3. The Hall–Kier alpha value is 8.43. The summed E-state index contributed by atoms with van der Waals surface area (Å²) in [7, 11) is 36.3. The van der Waals surface area contributed by atoms with Crippen molar-refractivity contribution < 1.29 is 23.4 Å². The molecule has 0 spiro atoms. The second-order valence-electron chi connectivity index (χ2n) is 12.5. The van der Waals surface area contributed by atoms with Gasteiger partial charge in [-0.3, -0.25) is 9.59 Å². The molecule has 0 amide bonds. The lowest BCUT2D eigenvalue weighted by Crippen LogP contribution is -2.54. The van der Waals surface area contributed by atoms with Gasteiger partial charge in [0.05, 0.1) is 27.3 Å². The Bertz CT molecular complexity index is 1210. The second kappa shape index (κ2) is 23.2. The minimum Gasteiger partial charge on any atom is -0.461 e. The number of carbonyl (C=O) groups is 2. The van der Waals surface area contributed by atoms with Gasteiger partial charge < -0.3 is 13.8 Å². The van der Waals surface area contributed by atoms with E-state index in [0.717, 1.165) is 14.4 Å². The summed E-state index contributed by atoms with van der Waals surface area (Å²) in [6.07, 6.45) is 3.63. The van der Waals surface area contributed by atoms with E-state index in [1.165, 1.54) is 11.1 Å². The Morgan fingerprint density at radius 3 is 1.92 bits per heavy atom. The number of ketones is 1. The van der Waals surface area contributed by atoms with Gasteiger partial charge in [-0.15, -0.1) is 105 Å². The van der Waals surface area contributed by atoms with E-state index >= 15 is 4.79 Å². The zero-order valence-corrected chi connectivity index (χ0v) is 51.7. The standard InChI is InChI=1S/C21H53O5P23/c1-6-7-8-15-21(5)10-14(26-40(42(28)29)48(39-27)44(32)33)16-11(2)13(9-12(20(16,3)4)18(22)17(21)19(23)24-15)25-41(47(38)43(30)31)49(45(34)35)46(36)37/h6,12-15,17,39H,1,7-10,27-38H2,2-5H3/t12?,13?,14?,15?,17?,21-,40?,41?,47?,48?/m1/s1. The van der Waals surface area contributed by atoms with Crippen LogP contribution in [0, 0.1) is 22.7 Å². The fourth-order valence-corrected chi connectivity index (χ4v) is 169. The molecule has 0 radical (unpaired) electrons. The number of ether oxygens (including phenoxy) is 1. The average molecular weight is 1100 g/mol. The molecule has 22 unspecified atom stereocenters. The first-order chi connectivity index (χ1) is 22.7. The number of esters is 1. The van der Waals surface area contributed by atoms with Gasteiger partial charge in [-0.2, -0.15) is 0 Å². The fourth-order valence-electron chi connectivity index (χ4n) is 6.94. The predicted octanol–water partition coefficient (Wildman–Crippen LogP) is 16.6. The number of hydrogen-bond acceptors (Lipinski definition) is 5. The maximum absolute atomic E-state index is 15.0. The van der Waals surface area contributed by atoms with Crippen molar-refractivity contribution >= 4 is 198 Å². The Morgan fingerprint density at radius 1 is 0.878 bits per heavy atom. The quantitative estimate of drug-likeness (QED) is 0.0667. The summed E-state index contributed by atoms with van der Waals surface area (Å²) >= 11 is 0. The van der Waals surface area contributed by atoms with E-state index < -0.39 is 52.8 Å². The molecule has 2 aliphatic carbocycles. The van der Waals surface area contributed by atoms with Crippen LogP contribution in [0.4, 0.5) is 0 Å². The van der Waals surface area contributed by atoms with Crippen molar-refractivity contribution in [3.63, 3.8) is 0 Å². The van der Waals surface area contributed by atoms with Crippen molar-refractivity contribution in [2.24, 2.45) is 22.7 Å². The molecule has 282 valence electrons. The number of carbonyl (C=O) groups excluding carboxylic acids is 2. The molecule has 1 saturated heterocycles. The number of allylic oxidation sites excluding steroid dienone is 1. The molecule has 3 aliphatic rings. The monoisotopic (exact) mass is 1100 g/mol. The Labute approximate surface area is 336 Å². The molecule has 2 fully saturated rings. The van der Waals surface area contributed by atoms with Crippen LogP contribution in [0.1, 0.15) is 53.4 Å². The van der Waals surface area contributed by atoms with Crippen LogP contribution in [0.5, 0.6) is 0 Å². The smallest absolute Gasteiger partial charge is 0.317 e. The molecule has 1 aliphatic heterocycles. The van der Waals surface area contributed by atoms with Gasteiger partial charge in [0.15, 0.2) is 5.78 Å². The molecular formula is C21H53O5P23. The number of fused-ring (bicyclic) bond motifs is 3. The summed E-state index contributed by atoms with van der Waals surface area (Å²) in [4.78, 5) is 28.9. The summed E-state index contributed by atoms with van der Waals surface area (Å²) in [5.41, 5.74) is 1.30. The molecule has 3 rings (SSSR count). The summed E-state index contributed by atoms with van der Waals surface area (Å²) in [5, 5.41) is 0. The highest BCUT2D eigenvalue weighted by atomic mass is 33.2. The largest absolute Gasteiger partial charge is 0.461 e. The summed E-state index contributed by atoms with van der Waals surface area (Å²) in [5.74, 6) is -1.52. The normalized spacial score (nSPS) is 31.6. The summed E-state index contributed by atoms with van der Waals surface area (Å²) in [6, 6.07) is 0. The molecule has 49 heavy (non-hydrogen) atoms. The Kier molecular flexibility index (Phi) is 24.5. The molecule has 0 aromatic heterocycles. The van der Waals surface area contributed by atoms with Gasteiger partial charge >= 0.3 is 5.97 Å². The van der Waals surface area contributed by atoms with E-state index in [2.05, 4.69) is 141 Å². The van der Waals surface area contributed by atoms with Gasteiger partial charge in [0, 0.05) is 32.3 Å². The highest BCUT2D eigenvalue weighted by Crippen LogP contribution is 3.18. The number of Topliss-reactive ketones (excluding diaryl/α,β-unsaturated/α-hetero) is 1. The van der Waals surface area contributed by atoms with Crippen LogP contribution in [0.15, 0.2) is 23.8 Å². The third kappa shape index (κ3) is 12.5. The van der Waals surface area contributed by atoms with E-state index in [9.17, 15) is 4.79 Å². The lowest BCUT2D eigenvalue weighted by molar-refractivity contribution is -0.149. The third-order valence-electron chi connectivity index (χ3n) is 9.14. The molecular weight excluding hydrogens is 1040 g/mol. The van der Waals surface area contributed by atoms with Gasteiger partial charge in [0.25, 0.3) is 0 Å². The van der Waals surface area contributed by atoms with Crippen molar-refractivity contribution in [2.75, 3.05) is 0 Å². The van der Waals surface area contributed by atoms with Crippen LogP contribution in [-0.2, 0) is 23.4 Å². The first-order valence-corrected chi connectivity index (χ1v) is 55.1. The fraction of sp³-hybridized carbons (Fsp3) is 0.714. The SMILES string of the molecule is C=CCCC1OC(=O)C2C(=O)C3CC(OP(P(P)P(P)P)P(P(P)P)P(P)P)C(C)=C(C(OP(P(P)P)P(PP)P(P)P)C[C@]12C)C3(C)C. The third-order valence-corrected chi connectivity index (χ3v) is 127. The lowest BCUT2D eigenvalue weighted by Gasteiger charge is -2.52. The molecule has 0 aromatic rings. The second-order valence-corrected chi connectivity index (χ2v) is 95.8. The topological polar surface area (TPSA) is 61.8 Å². The highest BCUT2D eigenvalue weighted by Gasteiger charge is 2.64. The van der Waals surface area contributed by atoms with E-state index in [-0.39, 0.29) is 70.9 Å². The maximum atomic E-state index is 15.0. The molecule has 5 nitrogen and oxygen atoms in total. The van der Waals surface area contributed by atoms with Crippen LogP contribution >= 0.6 is 186 Å². The molecule has 2 bridgehead atoms. The van der Waals surface area contributed by atoms with Crippen LogP contribution in [0.3, 0.4) is 0 Å². The van der Waals surface area contributed by atoms with Crippen LogP contribution in [0.25, 0.3) is 0 Å². The van der Waals surface area contributed by atoms with Crippen molar-refractivity contribution in [2.45, 2.75) is 71.7 Å². The number of cyclic esters (lactones) is 1. The average Bonchev–Trinajstić information content (AvgIpc) is 3.22. The van der Waals surface area contributed by atoms with Crippen LogP contribution in [0.2, 0.25) is 0 Å². The maximum Gasteiger partial charge on any atom is 0.317 e. The molecule has 1 heterocycles. The number of hydrogen-bond donors (Lipinski definition) is 0. The Balaban J connectivity index is 2.31. The van der Waals surface area contributed by atoms with E-state index in [4.69, 9.17) is 13.8 Å². The minimum atomic E-state index is -0.813. The van der Waals surface area contributed by atoms with Crippen LogP contribution in [-0.4, -0.2) is 30.1 Å². The van der Waals surface area contributed by atoms with E-state index in [1.807, 2.05) is 6.08 Å². The van der Waals surface area contributed by atoms with Gasteiger partial charge in [-0.25, -0.2) is 0 Å². The van der Waals surface area contributed by atoms with Crippen molar-refractivity contribution in [3.05, 3.63) is 23.8 Å². The van der Waals surface area contributed by atoms with Crippen molar-refractivity contribution in [1.82, 2.24) is 0 Å². The first kappa shape index (κ1) is 51.8. The zero-order valence-electron chi connectivity index (χ0n) is 27.9. The van der Waals surface area contributed by atoms with Crippen molar-refractivity contribution in [3.8, 4) is 0 Å². The van der Waals surface area contributed by atoms with Crippen LogP contribution < -0.4 is 0 Å². The summed E-state index contributed by atoms with van der Waals surface area (Å²) in [6.45, 7) is 9.59. The van der Waals surface area contributed by atoms with Gasteiger partial charge in [0.1, 0.15) is 12.0 Å². The van der Waals surface area contributed by atoms with Gasteiger partial charge in [-0.05, 0) is 84.1 Å². The van der Waals surface area contributed by atoms with Gasteiger partial charge in [0.2, 0.25) is 0 Å². The molecule has 0 aromatic carbocycles. The highest BCUT2D eigenvalue weighted by molar-refractivity contribution is 9.19. The first-order valence-electron chi connectivity index (χ1n) is 14.7. The molecule has 1 saturated carbocycles. The van der Waals surface area contributed by atoms with Gasteiger partial charge in [-0.1, -0.05) is 43.7 Å². The predicted molar refractivity (Wildman–Crippen MR) is 289 cm³/mol. The van der Waals surface area contributed by atoms with E-state index in [0.29, 0.717) is 19.3 Å². The minimum absolute atomic E-state index is 0.0298. The molecule has 23 atom stereocenters. The zero-order chi connectivity index (χ0) is 37.3. The van der Waals surface area contributed by atoms with E-state index in [1.54, 1.807) is 0 Å². The molecule has 0 N–H and O–H groups in total. The number of rotatable bonds is 16. The lowest BCUT2D eigenvalue weighted by atomic mass is 9.54. The Morgan fingerprint density at radius 2 is 1.45 bits per heavy atom. The van der Waals surface area contributed by atoms with Crippen molar-refractivity contribution in [1.29, 1.82) is 0 Å².